The Hall–Kier alpha value is -2.99. The molecule has 0 saturated carbocycles. The molecule has 0 atom stereocenters. The standard InChI is InChI=1S/C20H16FN3OS/c1-25-16-8-4-14(5-9-16)17-11-26-20-18(17)19(23-12-24-20)22-10-13-2-6-15(21)7-3-13/h2-9,11-12H,10H2,1H3,(H,22,23,24). The van der Waals surface area contributed by atoms with E-state index in [4.69, 9.17) is 4.74 Å². The molecule has 2 aromatic heterocycles. The van der Waals surface area contributed by atoms with Crippen LogP contribution in [0.1, 0.15) is 5.56 Å². The summed E-state index contributed by atoms with van der Waals surface area (Å²) in [7, 11) is 1.65. The molecule has 4 nitrogen and oxygen atoms in total. The van der Waals surface area contributed by atoms with Gasteiger partial charge in [0, 0.05) is 17.5 Å². The first-order valence-corrected chi connectivity index (χ1v) is 8.97. The number of ether oxygens (including phenoxy) is 1. The predicted octanol–water partition coefficient (Wildman–Crippen LogP) is 5.12. The lowest BCUT2D eigenvalue weighted by molar-refractivity contribution is 0.415. The monoisotopic (exact) mass is 365 g/mol. The van der Waals surface area contributed by atoms with E-state index >= 15 is 0 Å². The van der Waals surface area contributed by atoms with Crippen LogP contribution in [-0.2, 0) is 6.54 Å². The largest absolute Gasteiger partial charge is 0.497 e. The van der Waals surface area contributed by atoms with Crippen LogP contribution in [0.3, 0.4) is 0 Å². The molecule has 130 valence electrons. The zero-order valence-corrected chi connectivity index (χ0v) is 14.9. The van der Waals surface area contributed by atoms with Gasteiger partial charge < -0.3 is 10.1 Å². The van der Waals surface area contributed by atoms with Crippen LogP contribution in [-0.4, -0.2) is 17.1 Å². The van der Waals surface area contributed by atoms with Crippen molar-refractivity contribution >= 4 is 27.4 Å². The van der Waals surface area contributed by atoms with Crippen LogP contribution < -0.4 is 10.1 Å². The van der Waals surface area contributed by atoms with Crippen molar-refractivity contribution < 1.29 is 9.13 Å². The predicted molar refractivity (Wildman–Crippen MR) is 103 cm³/mol. The minimum atomic E-state index is -0.238. The van der Waals surface area contributed by atoms with Gasteiger partial charge in [0.25, 0.3) is 0 Å². The Kier molecular flexibility index (Phi) is 4.50. The van der Waals surface area contributed by atoms with E-state index in [2.05, 4.69) is 20.7 Å². The zero-order chi connectivity index (χ0) is 17.9. The van der Waals surface area contributed by atoms with Gasteiger partial charge in [-0.05, 0) is 35.4 Å². The molecule has 2 aromatic carbocycles. The van der Waals surface area contributed by atoms with Crippen molar-refractivity contribution in [2.24, 2.45) is 0 Å². The third-order valence-electron chi connectivity index (χ3n) is 4.14. The number of benzene rings is 2. The van der Waals surface area contributed by atoms with Gasteiger partial charge in [-0.1, -0.05) is 24.3 Å². The van der Waals surface area contributed by atoms with Crippen molar-refractivity contribution in [3.8, 4) is 16.9 Å². The highest BCUT2D eigenvalue weighted by Crippen LogP contribution is 2.37. The molecular formula is C20H16FN3OS. The van der Waals surface area contributed by atoms with Gasteiger partial charge in [-0.15, -0.1) is 11.3 Å². The summed E-state index contributed by atoms with van der Waals surface area (Å²) in [6.07, 6.45) is 1.56. The van der Waals surface area contributed by atoms with Crippen LogP contribution in [0.25, 0.3) is 21.3 Å². The fourth-order valence-electron chi connectivity index (χ4n) is 2.78. The number of anilines is 1. The van der Waals surface area contributed by atoms with Gasteiger partial charge in [-0.25, -0.2) is 14.4 Å². The van der Waals surface area contributed by atoms with E-state index in [0.29, 0.717) is 6.54 Å². The summed E-state index contributed by atoms with van der Waals surface area (Å²) < 4.78 is 18.3. The molecule has 0 fully saturated rings. The van der Waals surface area contributed by atoms with Crippen LogP contribution in [0, 0.1) is 5.82 Å². The van der Waals surface area contributed by atoms with Gasteiger partial charge in [0.1, 0.15) is 28.5 Å². The molecule has 6 heteroatoms. The topological polar surface area (TPSA) is 47.0 Å². The number of halogens is 1. The third kappa shape index (κ3) is 3.23. The van der Waals surface area contributed by atoms with E-state index in [1.807, 2.05) is 24.3 Å². The Morgan fingerprint density at radius 1 is 1.04 bits per heavy atom. The number of rotatable bonds is 5. The minimum Gasteiger partial charge on any atom is -0.497 e. The molecule has 4 aromatic rings. The Balaban J connectivity index is 1.68. The summed E-state index contributed by atoms with van der Waals surface area (Å²) in [5, 5.41) is 6.43. The summed E-state index contributed by atoms with van der Waals surface area (Å²) in [6.45, 7) is 0.560. The fourth-order valence-corrected chi connectivity index (χ4v) is 3.70. The van der Waals surface area contributed by atoms with Gasteiger partial charge >= 0.3 is 0 Å². The summed E-state index contributed by atoms with van der Waals surface area (Å²) in [6, 6.07) is 14.4. The molecular weight excluding hydrogens is 349 g/mol. The van der Waals surface area contributed by atoms with Gasteiger partial charge in [0.05, 0.1) is 12.5 Å². The maximum atomic E-state index is 13.1. The van der Waals surface area contributed by atoms with Crippen LogP contribution >= 0.6 is 11.3 Å². The quantitative estimate of drug-likeness (QED) is 0.533. The van der Waals surface area contributed by atoms with Gasteiger partial charge in [-0.2, -0.15) is 0 Å². The number of methoxy groups -OCH3 is 1. The second-order valence-electron chi connectivity index (χ2n) is 5.76. The van der Waals surface area contributed by atoms with Crippen molar-refractivity contribution in [1.29, 1.82) is 0 Å². The van der Waals surface area contributed by atoms with Crippen LogP contribution in [0.15, 0.2) is 60.2 Å². The summed E-state index contributed by atoms with van der Waals surface area (Å²) in [4.78, 5) is 9.72. The number of hydrogen-bond acceptors (Lipinski definition) is 5. The third-order valence-corrected chi connectivity index (χ3v) is 5.03. The Morgan fingerprint density at radius 3 is 2.54 bits per heavy atom. The van der Waals surface area contributed by atoms with Crippen molar-refractivity contribution in [3.05, 3.63) is 71.6 Å². The van der Waals surface area contributed by atoms with E-state index in [0.717, 1.165) is 38.5 Å². The van der Waals surface area contributed by atoms with Gasteiger partial charge in [0.2, 0.25) is 0 Å². The highest BCUT2D eigenvalue weighted by molar-refractivity contribution is 7.17. The van der Waals surface area contributed by atoms with E-state index in [1.54, 1.807) is 36.9 Å². The lowest BCUT2D eigenvalue weighted by Gasteiger charge is -2.09. The lowest BCUT2D eigenvalue weighted by atomic mass is 10.1. The highest BCUT2D eigenvalue weighted by atomic mass is 32.1. The van der Waals surface area contributed by atoms with Crippen LogP contribution in [0.5, 0.6) is 5.75 Å². The molecule has 1 N–H and O–H groups in total. The zero-order valence-electron chi connectivity index (χ0n) is 14.1. The SMILES string of the molecule is COc1ccc(-c2csc3ncnc(NCc4ccc(F)cc4)c23)cc1. The van der Waals surface area contributed by atoms with Crippen molar-refractivity contribution in [3.63, 3.8) is 0 Å². The van der Waals surface area contributed by atoms with E-state index in [9.17, 15) is 4.39 Å². The molecule has 0 unspecified atom stereocenters. The highest BCUT2D eigenvalue weighted by Gasteiger charge is 2.13. The molecule has 0 aliphatic carbocycles. The van der Waals surface area contributed by atoms with Crippen LogP contribution in [0.2, 0.25) is 0 Å². The first-order valence-electron chi connectivity index (χ1n) is 8.09. The van der Waals surface area contributed by atoms with Gasteiger partial charge in [-0.3, -0.25) is 0 Å². The summed E-state index contributed by atoms with van der Waals surface area (Å²) in [5.41, 5.74) is 3.14. The fraction of sp³-hybridized carbons (Fsp3) is 0.100. The Morgan fingerprint density at radius 2 is 1.81 bits per heavy atom. The molecule has 26 heavy (non-hydrogen) atoms. The number of aromatic nitrogens is 2. The number of hydrogen-bond donors (Lipinski definition) is 1. The first-order chi connectivity index (χ1) is 12.7. The van der Waals surface area contributed by atoms with E-state index in [-0.39, 0.29) is 5.82 Å². The van der Waals surface area contributed by atoms with Gasteiger partial charge in [0.15, 0.2) is 0 Å². The first kappa shape index (κ1) is 16.5. The molecule has 0 spiro atoms. The molecule has 0 radical (unpaired) electrons. The van der Waals surface area contributed by atoms with Crippen molar-refractivity contribution in [2.75, 3.05) is 12.4 Å². The molecule has 2 heterocycles. The molecule has 0 aliphatic rings. The summed E-state index contributed by atoms with van der Waals surface area (Å²) in [5.74, 6) is 1.35. The Bertz CT molecular complexity index is 1030. The Labute approximate surface area is 154 Å². The van der Waals surface area contributed by atoms with Crippen molar-refractivity contribution in [2.45, 2.75) is 6.54 Å². The van der Waals surface area contributed by atoms with E-state index in [1.165, 1.54) is 12.1 Å². The lowest BCUT2D eigenvalue weighted by Crippen LogP contribution is -2.02. The normalized spacial score (nSPS) is 10.8. The minimum absolute atomic E-state index is 0.238. The van der Waals surface area contributed by atoms with Crippen LogP contribution in [0.4, 0.5) is 10.2 Å². The maximum absolute atomic E-state index is 13.1. The molecule has 4 rings (SSSR count). The number of fused-ring (bicyclic) bond motifs is 1. The maximum Gasteiger partial charge on any atom is 0.139 e. The summed E-state index contributed by atoms with van der Waals surface area (Å²) >= 11 is 1.58. The number of nitrogens with zero attached hydrogens (tertiary/aromatic N) is 2. The average Bonchev–Trinajstić information content (AvgIpc) is 3.12. The van der Waals surface area contributed by atoms with E-state index < -0.39 is 0 Å². The molecule has 0 bridgehead atoms. The molecule has 0 amide bonds. The number of nitrogens with one attached hydrogen (secondary N) is 1. The van der Waals surface area contributed by atoms with Crippen molar-refractivity contribution in [1.82, 2.24) is 9.97 Å². The smallest absolute Gasteiger partial charge is 0.139 e. The second kappa shape index (κ2) is 7.09. The average molecular weight is 365 g/mol. The second-order valence-corrected chi connectivity index (χ2v) is 6.62. The molecule has 0 saturated heterocycles. The number of thiophene rings is 1. The molecule has 0 aliphatic heterocycles.